The number of amides is 2. The topological polar surface area (TPSA) is 95.7 Å². The maximum absolute atomic E-state index is 13.7. The van der Waals surface area contributed by atoms with E-state index in [0.29, 0.717) is 0 Å². The van der Waals surface area contributed by atoms with Gasteiger partial charge in [0, 0.05) is 27.5 Å². The number of carbonyl (C=O) groups excluding carboxylic acids is 2. The number of fused-ring (bicyclic) bond motifs is 1. The molecule has 0 unspecified atom stereocenters. The van der Waals surface area contributed by atoms with Gasteiger partial charge in [-0.25, -0.2) is 5.43 Å². The second-order valence-electron chi connectivity index (χ2n) is 9.59. The number of para-hydroxylation sites is 1. The maximum Gasteiger partial charge on any atom is 0.275 e. The molecule has 8 heteroatoms. The Hall–Kier alpha value is -4.17. The molecule has 5 rings (SSSR count). The Morgan fingerprint density at radius 3 is 2.50 bits per heavy atom. The summed E-state index contributed by atoms with van der Waals surface area (Å²) >= 11 is 1.69. The molecule has 2 heterocycles. The van der Waals surface area contributed by atoms with Gasteiger partial charge in [0.2, 0.25) is 0 Å². The van der Waals surface area contributed by atoms with Crippen molar-refractivity contribution in [3.63, 3.8) is 0 Å². The molecule has 38 heavy (non-hydrogen) atoms. The fourth-order valence-electron chi connectivity index (χ4n) is 4.89. The van der Waals surface area contributed by atoms with Gasteiger partial charge in [0.15, 0.2) is 0 Å². The molecule has 0 saturated heterocycles. The smallest absolute Gasteiger partial charge is 0.275 e. The Balaban J connectivity index is 1.46. The van der Waals surface area contributed by atoms with E-state index in [9.17, 15) is 14.7 Å². The predicted octanol–water partition coefficient (Wildman–Crippen LogP) is 6.06. The van der Waals surface area contributed by atoms with Crippen molar-refractivity contribution in [2.24, 2.45) is 5.10 Å². The van der Waals surface area contributed by atoms with E-state index in [2.05, 4.69) is 20.4 Å². The molecule has 2 amide bonds. The zero-order valence-electron chi connectivity index (χ0n) is 21.7. The summed E-state index contributed by atoms with van der Waals surface area (Å²) in [5.41, 5.74) is 9.17. The van der Waals surface area contributed by atoms with Crippen LogP contribution in [0.1, 0.15) is 66.5 Å². The number of thiophene rings is 1. The van der Waals surface area contributed by atoms with Crippen LogP contribution in [0.25, 0.3) is 5.00 Å². The number of hydrazone groups is 1. The minimum atomic E-state index is -0.492. The Morgan fingerprint density at radius 2 is 1.74 bits per heavy atom. The van der Waals surface area contributed by atoms with E-state index >= 15 is 0 Å². The maximum atomic E-state index is 13.7. The number of anilines is 1. The van der Waals surface area contributed by atoms with Gasteiger partial charge in [0.05, 0.1) is 17.3 Å². The number of aromatic hydroxyl groups is 1. The lowest BCUT2D eigenvalue weighted by molar-refractivity contribution is 0.0951. The normalized spacial score (nSPS) is 12.9. The molecule has 0 fully saturated rings. The van der Waals surface area contributed by atoms with Crippen LogP contribution in [0.3, 0.4) is 0 Å². The number of aryl methyl sites for hydroxylation is 3. The number of carbonyl (C=O) groups is 2. The van der Waals surface area contributed by atoms with Crippen LogP contribution in [0.4, 0.5) is 5.69 Å². The molecule has 0 aliphatic heterocycles. The third kappa shape index (κ3) is 4.99. The molecule has 2 aromatic heterocycles. The van der Waals surface area contributed by atoms with E-state index in [1.165, 1.54) is 17.0 Å². The molecule has 0 saturated carbocycles. The molecule has 194 valence electrons. The van der Waals surface area contributed by atoms with Crippen LogP contribution < -0.4 is 10.7 Å². The third-order valence-corrected chi connectivity index (χ3v) is 8.16. The number of hydrogen-bond donors (Lipinski definition) is 3. The first kappa shape index (κ1) is 25.5. The highest BCUT2D eigenvalue weighted by Gasteiger charge is 2.28. The van der Waals surface area contributed by atoms with Crippen molar-refractivity contribution >= 4 is 35.1 Å². The van der Waals surface area contributed by atoms with Crippen molar-refractivity contribution in [1.82, 2.24) is 9.99 Å². The summed E-state index contributed by atoms with van der Waals surface area (Å²) in [4.78, 5) is 27.3. The number of phenols is 1. The number of nitrogens with zero attached hydrogens (tertiary/aromatic N) is 2. The third-order valence-electron chi connectivity index (χ3n) is 6.88. The summed E-state index contributed by atoms with van der Waals surface area (Å²) in [7, 11) is 0. The minimum Gasteiger partial charge on any atom is -0.507 e. The first-order valence-electron chi connectivity index (χ1n) is 12.7. The molecule has 3 N–H and O–H groups in total. The van der Waals surface area contributed by atoms with E-state index in [4.69, 9.17) is 0 Å². The van der Waals surface area contributed by atoms with Crippen LogP contribution >= 0.6 is 11.3 Å². The van der Waals surface area contributed by atoms with Gasteiger partial charge in [0.25, 0.3) is 11.8 Å². The average molecular weight is 527 g/mol. The number of rotatable bonds is 6. The number of nitrogens with one attached hydrogen (secondary N) is 2. The molecule has 0 atom stereocenters. The van der Waals surface area contributed by atoms with Crippen LogP contribution in [0.5, 0.6) is 5.75 Å². The van der Waals surface area contributed by atoms with Gasteiger partial charge in [-0.2, -0.15) is 5.10 Å². The van der Waals surface area contributed by atoms with Gasteiger partial charge in [-0.3, -0.25) is 9.59 Å². The lowest BCUT2D eigenvalue weighted by atomic mass is 9.95. The zero-order valence-corrected chi connectivity index (χ0v) is 22.5. The molecule has 1 aliphatic carbocycles. The number of hydrogen-bond acceptors (Lipinski definition) is 5. The van der Waals surface area contributed by atoms with Gasteiger partial charge >= 0.3 is 0 Å². The largest absolute Gasteiger partial charge is 0.507 e. The van der Waals surface area contributed by atoms with Crippen LogP contribution in [-0.2, 0) is 12.8 Å². The summed E-state index contributed by atoms with van der Waals surface area (Å²) in [6.07, 6.45) is 5.68. The molecular formula is C30H30N4O3S. The molecule has 2 aromatic carbocycles. The number of phenolic OH excluding ortho intramolecular Hbond substituents is 1. The molecule has 0 spiro atoms. The second-order valence-corrected chi connectivity index (χ2v) is 10.7. The van der Waals surface area contributed by atoms with Crippen LogP contribution in [0, 0.1) is 20.8 Å². The van der Waals surface area contributed by atoms with E-state index in [1.807, 2.05) is 51.1 Å². The summed E-state index contributed by atoms with van der Waals surface area (Å²) in [5.74, 6) is -0.688. The molecule has 4 aromatic rings. The first-order valence-corrected chi connectivity index (χ1v) is 13.5. The lowest BCUT2D eigenvalue weighted by Gasteiger charge is -2.14. The summed E-state index contributed by atoms with van der Waals surface area (Å²) in [5, 5.41) is 18.0. The van der Waals surface area contributed by atoms with Crippen LogP contribution in [0.15, 0.2) is 59.7 Å². The SMILES string of the molecule is Cc1ccc(NC(=O)c2c(-n3c(C)cc(/C=N/NC(=O)c4ccccc4O)c3C)sc3c2CCCC3)cc1. The highest BCUT2D eigenvalue weighted by Crippen LogP contribution is 2.39. The zero-order chi connectivity index (χ0) is 26.8. The standard InChI is InChI=1S/C30H30N4O3S/c1-18-12-14-22(15-13-18)32-29(37)27-24-9-5-7-11-26(24)38-30(27)34-19(2)16-21(20(34)3)17-31-33-28(36)23-8-4-6-10-25(23)35/h4,6,8,10,12-17,35H,5,7,9,11H2,1-3H3,(H,32,37)(H,33,36)/b31-17+. The van der Waals surface area contributed by atoms with Gasteiger partial charge < -0.3 is 15.0 Å². The molecule has 7 nitrogen and oxygen atoms in total. The summed E-state index contributed by atoms with van der Waals surface area (Å²) in [6.45, 7) is 6.01. The van der Waals surface area contributed by atoms with E-state index in [1.54, 1.807) is 29.7 Å². The molecule has 0 bridgehead atoms. The summed E-state index contributed by atoms with van der Waals surface area (Å²) < 4.78 is 2.11. The second kappa shape index (κ2) is 10.7. The lowest BCUT2D eigenvalue weighted by Crippen LogP contribution is -2.18. The Kier molecular flexibility index (Phi) is 7.15. The number of aromatic nitrogens is 1. The van der Waals surface area contributed by atoms with Crippen LogP contribution in [-0.4, -0.2) is 27.7 Å². The van der Waals surface area contributed by atoms with Crippen molar-refractivity contribution in [2.45, 2.75) is 46.5 Å². The van der Waals surface area contributed by atoms with Gasteiger partial charge in [-0.15, -0.1) is 11.3 Å². The average Bonchev–Trinajstić information content (AvgIpc) is 3.41. The van der Waals surface area contributed by atoms with Crippen molar-refractivity contribution in [1.29, 1.82) is 0 Å². The monoisotopic (exact) mass is 526 g/mol. The first-order chi connectivity index (χ1) is 18.3. The quantitative estimate of drug-likeness (QED) is 0.210. The van der Waals surface area contributed by atoms with Crippen molar-refractivity contribution in [3.8, 4) is 10.8 Å². The van der Waals surface area contributed by atoms with E-state index < -0.39 is 5.91 Å². The van der Waals surface area contributed by atoms with Crippen LogP contribution in [0.2, 0.25) is 0 Å². The van der Waals surface area contributed by atoms with Crippen molar-refractivity contribution in [3.05, 3.63) is 98.7 Å². The number of benzene rings is 2. The minimum absolute atomic E-state index is 0.0964. The van der Waals surface area contributed by atoms with E-state index in [-0.39, 0.29) is 17.2 Å². The van der Waals surface area contributed by atoms with Crippen molar-refractivity contribution in [2.75, 3.05) is 5.32 Å². The highest BCUT2D eigenvalue weighted by atomic mass is 32.1. The fraction of sp³-hybridized carbons (Fsp3) is 0.233. The Labute approximate surface area is 225 Å². The van der Waals surface area contributed by atoms with Gasteiger partial charge in [-0.05, 0) is 82.3 Å². The Bertz CT molecular complexity index is 1550. The van der Waals surface area contributed by atoms with Gasteiger partial charge in [-0.1, -0.05) is 29.8 Å². The fourth-order valence-corrected chi connectivity index (χ4v) is 6.39. The van der Waals surface area contributed by atoms with Crippen molar-refractivity contribution < 1.29 is 14.7 Å². The molecule has 1 aliphatic rings. The van der Waals surface area contributed by atoms with E-state index in [0.717, 1.165) is 70.0 Å². The molecule has 0 radical (unpaired) electrons. The Morgan fingerprint density at radius 1 is 1.00 bits per heavy atom. The predicted molar refractivity (Wildman–Crippen MR) is 152 cm³/mol. The molecular weight excluding hydrogens is 496 g/mol. The summed E-state index contributed by atoms with van der Waals surface area (Å²) in [6, 6.07) is 16.2. The highest BCUT2D eigenvalue weighted by molar-refractivity contribution is 7.15. The van der Waals surface area contributed by atoms with Gasteiger partial charge in [0.1, 0.15) is 10.8 Å².